The van der Waals surface area contributed by atoms with Crippen molar-refractivity contribution in [2.24, 2.45) is 0 Å². The zero-order valence-corrected chi connectivity index (χ0v) is 23.3. The van der Waals surface area contributed by atoms with Crippen molar-refractivity contribution in [1.29, 1.82) is 0 Å². The molecule has 37 heavy (non-hydrogen) atoms. The van der Waals surface area contributed by atoms with Gasteiger partial charge in [0, 0.05) is 37.2 Å². The van der Waals surface area contributed by atoms with E-state index in [9.17, 15) is 0 Å². The van der Waals surface area contributed by atoms with Crippen molar-refractivity contribution in [1.82, 2.24) is 9.97 Å². The molecule has 0 atom stereocenters. The molecule has 2 nitrogen and oxygen atoms in total. The SMILES string of the molecule is [2H]c1nc(-c2[c-]ccc3c2sc2ccccc23)c([2H])c([2H])c1[2H].[Ir].[c-]1cc(C2CCCC2)ccc1-c1ccccn1. The molecule has 4 heteroatoms. The Morgan fingerprint density at radius 1 is 0.838 bits per heavy atom. The Balaban J connectivity index is 0.000000168. The zero-order valence-electron chi connectivity index (χ0n) is 24.0. The van der Waals surface area contributed by atoms with Crippen LogP contribution in [0.25, 0.3) is 42.7 Å². The average Bonchev–Trinajstić information content (AvgIpc) is 3.68. The minimum absolute atomic E-state index is 0. The first-order chi connectivity index (χ1) is 19.5. The van der Waals surface area contributed by atoms with Crippen molar-refractivity contribution >= 4 is 31.5 Å². The van der Waals surface area contributed by atoms with E-state index in [0.717, 1.165) is 37.3 Å². The quantitative estimate of drug-likeness (QED) is 0.175. The molecule has 7 rings (SSSR count). The molecule has 0 spiro atoms. The summed E-state index contributed by atoms with van der Waals surface area (Å²) in [6.45, 7) is 0. The van der Waals surface area contributed by atoms with E-state index in [1.165, 1.54) is 31.2 Å². The normalized spacial score (nSPS) is 14.7. The first-order valence-electron chi connectivity index (χ1n) is 14.2. The van der Waals surface area contributed by atoms with Crippen molar-refractivity contribution in [2.75, 3.05) is 0 Å². The average molecular weight is 679 g/mol. The van der Waals surface area contributed by atoms with Gasteiger partial charge in [-0.3, -0.25) is 0 Å². The van der Waals surface area contributed by atoms with Gasteiger partial charge in [0.05, 0.1) is 5.48 Å². The summed E-state index contributed by atoms with van der Waals surface area (Å²) in [4.78, 5) is 8.42. The summed E-state index contributed by atoms with van der Waals surface area (Å²) in [6.07, 6.45) is 6.99. The summed E-state index contributed by atoms with van der Waals surface area (Å²) in [5, 5.41) is 2.18. The Morgan fingerprint density at radius 2 is 1.70 bits per heavy atom. The van der Waals surface area contributed by atoms with Crippen LogP contribution in [0.4, 0.5) is 0 Å². The third kappa shape index (κ3) is 5.57. The van der Waals surface area contributed by atoms with Gasteiger partial charge in [-0.25, -0.2) is 0 Å². The van der Waals surface area contributed by atoms with Gasteiger partial charge in [0.25, 0.3) is 0 Å². The second-order valence-corrected chi connectivity index (χ2v) is 9.93. The van der Waals surface area contributed by atoms with Crippen LogP contribution in [0.5, 0.6) is 0 Å². The van der Waals surface area contributed by atoms with Crippen molar-refractivity contribution in [2.45, 2.75) is 31.6 Å². The Morgan fingerprint density at radius 3 is 2.51 bits per heavy atom. The molecule has 0 bridgehead atoms. The number of nitrogens with zero attached hydrogens (tertiary/aromatic N) is 2. The topological polar surface area (TPSA) is 25.8 Å². The molecule has 6 aromatic rings. The van der Waals surface area contributed by atoms with Crippen molar-refractivity contribution in [3.8, 4) is 22.5 Å². The van der Waals surface area contributed by atoms with E-state index in [2.05, 4.69) is 40.3 Å². The molecule has 185 valence electrons. The molecular formula is C33H26IrN2S-2. The van der Waals surface area contributed by atoms with E-state index in [1.807, 2.05) is 54.7 Å². The van der Waals surface area contributed by atoms with Gasteiger partial charge in [-0.05, 0) is 39.6 Å². The molecule has 1 radical (unpaired) electrons. The van der Waals surface area contributed by atoms with Crippen LogP contribution in [0.1, 0.15) is 42.6 Å². The molecule has 0 N–H and O–H groups in total. The first-order valence-corrected chi connectivity index (χ1v) is 13.0. The molecule has 3 heterocycles. The monoisotopic (exact) mass is 679 g/mol. The number of thiophene rings is 1. The van der Waals surface area contributed by atoms with Crippen LogP contribution in [-0.4, -0.2) is 9.97 Å². The van der Waals surface area contributed by atoms with Gasteiger partial charge in [0.2, 0.25) is 0 Å². The fourth-order valence-electron chi connectivity index (χ4n) is 4.85. The minimum atomic E-state index is -0.317. The fourth-order valence-corrected chi connectivity index (χ4v) is 6.05. The maximum atomic E-state index is 8.11. The van der Waals surface area contributed by atoms with Crippen molar-refractivity contribution in [3.05, 3.63) is 121 Å². The van der Waals surface area contributed by atoms with Gasteiger partial charge >= 0.3 is 0 Å². The second-order valence-electron chi connectivity index (χ2n) is 8.87. The first kappa shape index (κ1) is 20.8. The summed E-state index contributed by atoms with van der Waals surface area (Å²) in [7, 11) is 0. The van der Waals surface area contributed by atoms with E-state index in [-0.39, 0.29) is 50.1 Å². The van der Waals surface area contributed by atoms with E-state index < -0.39 is 0 Å². The maximum Gasteiger partial charge on any atom is 0.0830 e. The third-order valence-electron chi connectivity index (χ3n) is 6.65. The number of pyridine rings is 2. The van der Waals surface area contributed by atoms with Gasteiger partial charge in [-0.1, -0.05) is 79.4 Å². The summed E-state index contributed by atoms with van der Waals surface area (Å²) in [5.74, 6) is 0.768. The number of fused-ring (bicyclic) bond motifs is 3. The molecule has 0 saturated heterocycles. The van der Waals surface area contributed by atoms with Gasteiger partial charge < -0.3 is 9.97 Å². The molecule has 0 amide bonds. The summed E-state index contributed by atoms with van der Waals surface area (Å²) < 4.78 is 33.4. The summed E-state index contributed by atoms with van der Waals surface area (Å²) in [5.41, 5.74) is 4.41. The Bertz CT molecular complexity index is 1800. The molecule has 1 saturated carbocycles. The van der Waals surface area contributed by atoms with E-state index in [4.69, 9.17) is 5.48 Å². The summed E-state index contributed by atoms with van der Waals surface area (Å²) >= 11 is 1.58. The Kier molecular flexibility index (Phi) is 6.71. The van der Waals surface area contributed by atoms with Gasteiger partial charge in [0.15, 0.2) is 0 Å². The Labute approximate surface area is 241 Å². The number of benzene rings is 3. The van der Waals surface area contributed by atoms with E-state index >= 15 is 0 Å². The van der Waals surface area contributed by atoms with Gasteiger partial charge in [-0.15, -0.1) is 59.2 Å². The minimum Gasteiger partial charge on any atom is -0.305 e. The van der Waals surface area contributed by atoms with Crippen molar-refractivity contribution in [3.63, 3.8) is 0 Å². The second kappa shape index (κ2) is 11.9. The van der Waals surface area contributed by atoms with E-state index in [0.29, 0.717) is 5.56 Å². The van der Waals surface area contributed by atoms with Crippen molar-refractivity contribution < 1.29 is 25.6 Å². The number of hydrogen-bond donors (Lipinski definition) is 0. The molecule has 1 fully saturated rings. The number of aromatic nitrogens is 2. The zero-order chi connectivity index (χ0) is 27.6. The maximum absolute atomic E-state index is 8.11. The molecular weight excluding hydrogens is 649 g/mol. The van der Waals surface area contributed by atoms with Crippen LogP contribution in [0.15, 0.2) is 103 Å². The van der Waals surface area contributed by atoms with Gasteiger partial charge in [-0.2, -0.15) is 11.3 Å². The Hall–Kier alpha value is -3.17. The fraction of sp³-hybridized carbons (Fsp3) is 0.152. The van der Waals surface area contributed by atoms with Crippen LogP contribution in [0, 0.1) is 12.1 Å². The predicted molar refractivity (Wildman–Crippen MR) is 151 cm³/mol. The van der Waals surface area contributed by atoms with E-state index in [1.54, 1.807) is 17.4 Å². The van der Waals surface area contributed by atoms with Crippen LogP contribution in [-0.2, 0) is 20.1 Å². The molecule has 1 aliphatic carbocycles. The summed E-state index contributed by atoms with van der Waals surface area (Å²) in [6, 6.07) is 30.1. The molecule has 3 aromatic carbocycles. The van der Waals surface area contributed by atoms with Crippen LogP contribution in [0.3, 0.4) is 0 Å². The van der Waals surface area contributed by atoms with Crippen LogP contribution < -0.4 is 0 Å². The molecule has 0 unspecified atom stereocenters. The number of hydrogen-bond acceptors (Lipinski definition) is 3. The molecule has 0 aliphatic heterocycles. The smallest absolute Gasteiger partial charge is 0.0830 e. The van der Waals surface area contributed by atoms with Crippen LogP contribution in [0.2, 0.25) is 0 Å². The molecule has 3 aromatic heterocycles. The third-order valence-corrected chi connectivity index (χ3v) is 7.85. The number of rotatable bonds is 3. The largest absolute Gasteiger partial charge is 0.305 e. The standard InChI is InChI=1S/C17H10NS.C16H16N.Ir/c1-2-10-16-12(6-1)13-7-5-8-14(17(13)19-16)15-9-3-4-11-18-15;1-2-6-13(5-1)14-8-10-15(11-9-14)16-7-3-4-12-17-16;/h1-7,9-11H;3-4,7-10,12-13H,1-2,5-6H2;/q2*-1;/i3D,4D,9D,11D;;. The van der Waals surface area contributed by atoms with Gasteiger partial charge in [0.1, 0.15) is 0 Å². The molecule has 1 aliphatic rings. The predicted octanol–water partition coefficient (Wildman–Crippen LogP) is 9.12. The van der Waals surface area contributed by atoms with Crippen LogP contribution >= 0.6 is 11.3 Å².